The van der Waals surface area contributed by atoms with Crippen molar-refractivity contribution in [2.45, 2.75) is 6.54 Å². The number of hydrogen-bond donors (Lipinski definition) is 0. The molecule has 0 saturated heterocycles. The Labute approximate surface area is 124 Å². The second-order valence-corrected chi connectivity index (χ2v) is 5.43. The lowest BCUT2D eigenvalue weighted by Gasteiger charge is -2.07. The maximum atomic E-state index is 4.43. The summed E-state index contributed by atoms with van der Waals surface area (Å²) in [6, 6.07) is 8.32. The molecule has 2 aromatic heterocycles. The summed E-state index contributed by atoms with van der Waals surface area (Å²) < 4.78 is 5.07. The molecule has 3 rings (SSSR count). The summed E-state index contributed by atoms with van der Waals surface area (Å²) in [5.41, 5.74) is 1.10. The van der Waals surface area contributed by atoms with E-state index < -0.39 is 0 Å². The van der Waals surface area contributed by atoms with Crippen molar-refractivity contribution in [1.82, 2.24) is 24.3 Å². The molecule has 5 nitrogen and oxygen atoms in total. The normalized spacial score (nSPS) is 10.8. The van der Waals surface area contributed by atoms with E-state index in [0.717, 1.165) is 17.2 Å². The summed E-state index contributed by atoms with van der Waals surface area (Å²) >= 11 is 2.30. The van der Waals surface area contributed by atoms with Gasteiger partial charge in [-0.25, -0.2) is 9.97 Å². The van der Waals surface area contributed by atoms with Crippen molar-refractivity contribution in [3.8, 4) is 11.4 Å². The van der Waals surface area contributed by atoms with E-state index >= 15 is 0 Å². The van der Waals surface area contributed by atoms with Gasteiger partial charge in [0.05, 0.1) is 6.54 Å². The van der Waals surface area contributed by atoms with Gasteiger partial charge in [0.25, 0.3) is 0 Å². The van der Waals surface area contributed by atoms with Gasteiger partial charge in [-0.1, -0.05) is 12.1 Å². The van der Waals surface area contributed by atoms with Gasteiger partial charge in [0.1, 0.15) is 18.0 Å². The predicted molar refractivity (Wildman–Crippen MR) is 80.5 cm³/mol. The molecule has 0 radical (unpaired) electrons. The molecule has 3 aromatic rings. The van der Waals surface area contributed by atoms with Crippen LogP contribution in [0.15, 0.2) is 43.0 Å². The third-order valence-corrected chi connectivity index (χ3v) is 3.65. The molecule has 0 atom stereocenters. The minimum absolute atomic E-state index is 0.665. The minimum atomic E-state index is 0.665. The molecule has 0 aliphatic rings. The Balaban J connectivity index is 1.94. The third kappa shape index (κ3) is 2.53. The molecule has 96 valence electrons. The van der Waals surface area contributed by atoms with E-state index in [1.54, 1.807) is 11.0 Å². The predicted octanol–water partition coefficient (Wildman–Crippen LogP) is 2.33. The van der Waals surface area contributed by atoms with E-state index in [4.69, 9.17) is 0 Å². The zero-order valence-corrected chi connectivity index (χ0v) is 12.5. The van der Waals surface area contributed by atoms with Gasteiger partial charge in [0.2, 0.25) is 0 Å². The number of benzene rings is 1. The van der Waals surface area contributed by atoms with Crippen LogP contribution in [0.4, 0.5) is 0 Å². The summed E-state index contributed by atoms with van der Waals surface area (Å²) in [7, 11) is 1.89. The van der Waals surface area contributed by atoms with Crippen LogP contribution in [0.3, 0.4) is 0 Å². The van der Waals surface area contributed by atoms with Gasteiger partial charge < -0.3 is 4.57 Å². The molecule has 0 unspecified atom stereocenters. The fourth-order valence-corrected chi connectivity index (χ4v) is 2.27. The summed E-state index contributed by atoms with van der Waals surface area (Å²) in [6.07, 6.45) is 5.34. The number of hydrogen-bond acceptors (Lipinski definition) is 3. The van der Waals surface area contributed by atoms with Gasteiger partial charge >= 0.3 is 0 Å². The lowest BCUT2D eigenvalue weighted by molar-refractivity contribution is 0.656. The first-order valence-corrected chi connectivity index (χ1v) is 6.92. The fraction of sp³-hybridized carbons (Fsp3) is 0.154. The zero-order chi connectivity index (χ0) is 13.2. The van der Waals surface area contributed by atoms with E-state index in [1.807, 2.05) is 19.4 Å². The van der Waals surface area contributed by atoms with Gasteiger partial charge in [0.15, 0.2) is 0 Å². The van der Waals surface area contributed by atoms with E-state index in [-0.39, 0.29) is 0 Å². The zero-order valence-electron chi connectivity index (χ0n) is 10.4. The van der Waals surface area contributed by atoms with E-state index in [1.165, 1.54) is 3.57 Å². The first kappa shape index (κ1) is 12.3. The lowest BCUT2D eigenvalue weighted by atomic mass is 10.2. The van der Waals surface area contributed by atoms with Crippen LogP contribution in [-0.2, 0) is 13.6 Å². The summed E-state index contributed by atoms with van der Waals surface area (Å²) in [6.45, 7) is 0.665. The molecule has 6 heteroatoms. The lowest BCUT2D eigenvalue weighted by Crippen LogP contribution is -2.07. The molecule has 0 saturated carbocycles. The number of aromatic nitrogens is 5. The minimum Gasteiger partial charge on any atom is -0.323 e. The van der Waals surface area contributed by atoms with E-state index in [0.29, 0.717) is 6.54 Å². The molecular weight excluding hydrogens is 353 g/mol. The summed E-state index contributed by atoms with van der Waals surface area (Å²) in [5, 5.41) is 4.08. The Morgan fingerprint density at radius 3 is 2.63 bits per heavy atom. The van der Waals surface area contributed by atoms with Gasteiger partial charge in [-0.2, -0.15) is 5.10 Å². The second kappa shape index (κ2) is 5.12. The molecule has 0 amide bonds. The van der Waals surface area contributed by atoms with Crippen LogP contribution in [0.2, 0.25) is 0 Å². The molecular formula is C13H12IN5. The number of imidazole rings is 1. The van der Waals surface area contributed by atoms with Crippen molar-refractivity contribution in [2.75, 3.05) is 0 Å². The number of halogens is 1. The first-order chi connectivity index (χ1) is 9.24. The van der Waals surface area contributed by atoms with Crippen LogP contribution in [0, 0.1) is 3.57 Å². The summed E-state index contributed by atoms with van der Waals surface area (Å²) in [5.74, 6) is 1.85. The molecule has 0 aliphatic heterocycles. The van der Waals surface area contributed by atoms with Crippen LogP contribution >= 0.6 is 22.6 Å². The Hall–Kier alpha value is -1.70. The van der Waals surface area contributed by atoms with Crippen molar-refractivity contribution in [3.63, 3.8) is 0 Å². The molecule has 0 N–H and O–H groups in total. The summed E-state index contributed by atoms with van der Waals surface area (Å²) in [4.78, 5) is 8.67. The Morgan fingerprint density at radius 1 is 1.16 bits per heavy atom. The Morgan fingerprint density at radius 2 is 1.95 bits per heavy atom. The smallest absolute Gasteiger partial charge is 0.146 e. The van der Waals surface area contributed by atoms with Crippen LogP contribution < -0.4 is 0 Å². The second-order valence-electron chi connectivity index (χ2n) is 4.19. The van der Waals surface area contributed by atoms with E-state index in [2.05, 4.69) is 66.5 Å². The van der Waals surface area contributed by atoms with Crippen molar-refractivity contribution >= 4 is 22.6 Å². The number of rotatable bonds is 3. The third-order valence-electron chi connectivity index (χ3n) is 2.93. The monoisotopic (exact) mass is 365 g/mol. The number of nitrogens with zero attached hydrogens (tertiary/aromatic N) is 5. The highest BCUT2D eigenvalue weighted by atomic mass is 127. The van der Waals surface area contributed by atoms with Gasteiger partial charge in [-0.15, -0.1) is 0 Å². The number of aryl methyl sites for hydroxylation is 1. The average molecular weight is 365 g/mol. The maximum absolute atomic E-state index is 4.43. The van der Waals surface area contributed by atoms with Crippen molar-refractivity contribution in [2.24, 2.45) is 7.05 Å². The van der Waals surface area contributed by atoms with Crippen LogP contribution in [0.5, 0.6) is 0 Å². The van der Waals surface area contributed by atoms with E-state index in [9.17, 15) is 0 Å². The van der Waals surface area contributed by atoms with Crippen LogP contribution in [-0.4, -0.2) is 24.3 Å². The quantitative estimate of drug-likeness (QED) is 0.670. The average Bonchev–Trinajstić information content (AvgIpc) is 3.01. The van der Waals surface area contributed by atoms with Crippen LogP contribution in [0.25, 0.3) is 11.4 Å². The highest BCUT2D eigenvalue weighted by Crippen LogP contribution is 2.19. The van der Waals surface area contributed by atoms with Crippen molar-refractivity contribution in [1.29, 1.82) is 0 Å². The largest absolute Gasteiger partial charge is 0.323 e. The SMILES string of the molecule is Cn1ncnc1Cn1ccnc1-c1ccc(I)cc1. The highest BCUT2D eigenvalue weighted by Gasteiger charge is 2.08. The first-order valence-electron chi connectivity index (χ1n) is 5.84. The standard InChI is InChI=1S/C13H12IN5/c1-18-12(16-9-17-18)8-19-7-6-15-13(19)10-2-4-11(14)5-3-10/h2-7,9H,8H2,1H3. The van der Waals surface area contributed by atoms with Crippen molar-refractivity contribution in [3.05, 3.63) is 52.4 Å². The molecule has 1 aromatic carbocycles. The molecule has 0 bridgehead atoms. The molecule has 2 heterocycles. The molecule has 0 fully saturated rings. The highest BCUT2D eigenvalue weighted by molar-refractivity contribution is 14.1. The van der Waals surface area contributed by atoms with Gasteiger partial charge in [-0.05, 0) is 34.7 Å². The molecule has 0 aliphatic carbocycles. The Kier molecular flexibility index (Phi) is 3.33. The van der Waals surface area contributed by atoms with Gasteiger partial charge in [0, 0.05) is 28.6 Å². The maximum Gasteiger partial charge on any atom is 0.146 e. The molecule has 19 heavy (non-hydrogen) atoms. The molecule has 0 spiro atoms. The Bertz CT molecular complexity index is 683. The van der Waals surface area contributed by atoms with Crippen molar-refractivity contribution < 1.29 is 0 Å². The fourth-order valence-electron chi connectivity index (χ4n) is 1.91. The van der Waals surface area contributed by atoms with Gasteiger partial charge in [-0.3, -0.25) is 4.68 Å². The topological polar surface area (TPSA) is 48.5 Å². The van der Waals surface area contributed by atoms with Crippen LogP contribution in [0.1, 0.15) is 5.82 Å².